The minimum absolute atomic E-state index is 0.0795. The van der Waals surface area contributed by atoms with Gasteiger partial charge in [-0.3, -0.25) is 0 Å². The number of anilines is 3. The SMILES string of the molecule is COc1ccc(Nc2nc(N)ncc2Cl)cc1F. The molecule has 1 aromatic heterocycles. The van der Waals surface area contributed by atoms with Crippen LogP contribution in [0.4, 0.5) is 21.8 Å². The van der Waals surface area contributed by atoms with Gasteiger partial charge in [-0.05, 0) is 12.1 Å². The Kier molecular flexibility index (Phi) is 3.47. The van der Waals surface area contributed by atoms with E-state index >= 15 is 0 Å². The highest BCUT2D eigenvalue weighted by Gasteiger charge is 2.07. The topological polar surface area (TPSA) is 73.1 Å². The molecule has 0 amide bonds. The van der Waals surface area contributed by atoms with Gasteiger partial charge in [0.1, 0.15) is 5.02 Å². The number of methoxy groups -OCH3 is 1. The zero-order valence-corrected chi connectivity index (χ0v) is 10.2. The van der Waals surface area contributed by atoms with Gasteiger partial charge in [-0.25, -0.2) is 9.37 Å². The Morgan fingerprint density at radius 2 is 2.22 bits per heavy atom. The van der Waals surface area contributed by atoms with Gasteiger partial charge in [0.05, 0.1) is 13.3 Å². The number of nitrogens with two attached hydrogens (primary N) is 1. The van der Waals surface area contributed by atoms with Crippen molar-refractivity contribution in [2.45, 2.75) is 0 Å². The van der Waals surface area contributed by atoms with Gasteiger partial charge in [-0.2, -0.15) is 4.98 Å². The summed E-state index contributed by atoms with van der Waals surface area (Å²) in [5, 5.41) is 3.14. The van der Waals surface area contributed by atoms with Gasteiger partial charge in [0.2, 0.25) is 5.95 Å². The van der Waals surface area contributed by atoms with Crippen LogP contribution < -0.4 is 15.8 Å². The standard InChI is InChI=1S/C11H10ClFN4O/c1-18-9-3-2-6(4-8(9)13)16-10-7(12)5-15-11(14)17-10/h2-5H,1H3,(H3,14,15,16,17). The minimum Gasteiger partial charge on any atom is -0.494 e. The fraction of sp³-hybridized carbons (Fsp3) is 0.0909. The first-order valence-electron chi connectivity index (χ1n) is 4.98. The van der Waals surface area contributed by atoms with E-state index < -0.39 is 5.82 Å². The first-order chi connectivity index (χ1) is 8.60. The lowest BCUT2D eigenvalue weighted by atomic mass is 10.3. The minimum atomic E-state index is -0.486. The average Bonchev–Trinajstić information content (AvgIpc) is 2.34. The summed E-state index contributed by atoms with van der Waals surface area (Å²) >= 11 is 5.88. The van der Waals surface area contributed by atoms with E-state index in [1.165, 1.54) is 25.4 Å². The quantitative estimate of drug-likeness (QED) is 0.895. The van der Waals surface area contributed by atoms with E-state index in [0.29, 0.717) is 16.5 Å². The van der Waals surface area contributed by atoms with Gasteiger partial charge >= 0.3 is 0 Å². The Morgan fingerprint density at radius 3 is 2.89 bits per heavy atom. The van der Waals surface area contributed by atoms with E-state index in [2.05, 4.69) is 15.3 Å². The first kappa shape index (κ1) is 12.4. The van der Waals surface area contributed by atoms with Crippen molar-refractivity contribution in [3.8, 4) is 5.75 Å². The molecule has 0 radical (unpaired) electrons. The first-order valence-corrected chi connectivity index (χ1v) is 5.36. The maximum atomic E-state index is 13.5. The molecule has 2 aromatic rings. The second-order valence-electron chi connectivity index (χ2n) is 3.40. The summed E-state index contributed by atoms with van der Waals surface area (Å²) < 4.78 is 18.3. The van der Waals surface area contributed by atoms with Gasteiger partial charge in [-0.15, -0.1) is 0 Å². The molecule has 0 aliphatic carbocycles. The monoisotopic (exact) mass is 268 g/mol. The molecule has 0 spiro atoms. The molecule has 0 aliphatic rings. The average molecular weight is 269 g/mol. The number of aromatic nitrogens is 2. The second-order valence-corrected chi connectivity index (χ2v) is 3.81. The molecule has 0 aliphatic heterocycles. The molecule has 0 atom stereocenters. The third kappa shape index (κ3) is 2.60. The number of halogens is 2. The molecule has 1 heterocycles. The molecular weight excluding hydrogens is 259 g/mol. The number of benzene rings is 1. The molecule has 0 saturated carbocycles. The summed E-state index contributed by atoms with van der Waals surface area (Å²) in [6.07, 6.45) is 1.37. The molecular formula is C11H10ClFN4O. The maximum Gasteiger partial charge on any atom is 0.222 e. The number of nitrogen functional groups attached to an aromatic ring is 1. The van der Waals surface area contributed by atoms with Crippen molar-refractivity contribution >= 4 is 29.1 Å². The molecule has 5 nitrogen and oxygen atoms in total. The van der Waals surface area contributed by atoms with Crippen LogP contribution in [0.3, 0.4) is 0 Å². The van der Waals surface area contributed by atoms with Crippen LogP contribution >= 0.6 is 11.6 Å². The van der Waals surface area contributed by atoms with Gasteiger partial charge in [-0.1, -0.05) is 11.6 Å². The molecule has 0 bridgehead atoms. The maximum absolute atomic E-state index is 13.5. The van der Waals surface area contributed by atoms with Crippen molar-refractivity contribution in [2.24, 2.45) is 0 Å². The Balaban J connectivity index is 2.28. The predicted octanol–water partition coefficient (Wildman–Crippen LogP) is 2.60. The van der Waals surface area contributed by atoms with E-state index in [-0.39, 0.29) is 11.7 Å². The van der Waals surface area contributed by atoms with Crippen LogP contribution in [0, 0.1) is 5.82 Å². The van der Waals surface area contributed by atoms with E-state index in [1.54, 1.807) is 6.07 Å². The van der Waals surface area contributed by atoms with E-state index in [0.717, 1.165) is 0 Å². The van der Waals surface area contributed by atoms with Gasteiger partial charge < -0.3 is 15.8 Å². The molecule has 1 aromatic carbocycles. The highest BCUT2D eigenvalue weighted by Crippen LogP contribution is 2.26. The van der Waals surface area contributed by atoms with Crippen LogP contribution in [0.1, 0.15) is 0 Å². The fourth-order valence-corrected chi connectivity index (χ4v) is 1.49. The highest BCUT2D eigenvalue weighted by molar-refractivity contribution is 6.32. The summed E-state index contributed by atoms with van der Waals surface area (Å²) in [6.45, 7) is 0. The smallest absolute Gasteiger partial charge is 0.222 e. The molecule has 18 heavy (non-hydrogen) atoms. The van der Waals surface area contributed by atoms with Crippen LogP contribution in [0.25, 0.3) is 0 Å². The number of hydrogen-bond donors (Lipinski definition) is 2. The van der Waals surface area contributed by atoms with Crippen molar-refractivity contribution in [3.05, 3.63) is 35.2 Å². The van der Waals surface area contributed by atoms with Crippen LogP contribution in [0.5, 0.6) is 5.75 Å². The summed E-state index contributed by atoms with van der Waals surface area (Å²) in [4.78, 5) is 7.64. The molecule has 0 unspecified atom stereocenters. The Labute approximate surface area is 108 Å². The number of ether oxygens (including phenoxy) is 1. The Hall–Kier alpha value is -2.08. The van der Waals surface area contributed by atoms with Gasteiger partial charge in [0.25, 0.3) is 0 Å². The van der Waals surface area contributed by atoms with E-state index in [1.807, 2.05) is 0 Å². The zero-order chi connectivity index (χ0) is 13.1. The van der Waals surface area contributed by atoms with Crippen LogP contribution in [0.2, 0.25) is 5.02 Å². The van der Waals surface area contributed by atoms with Crippen molar-refractivity contribution < 1.29 is 9.13 Å². The highest BCUT2D eigenvalue weighted by atomic mass is 35.5. The molecule has 94 valence electrons. The van der Waals surface area contributed by atoms with Crippen LogP contribution in [-0.4, -0.2) is 17.1 Å². The Morgan fingerprint density at radius 1 is 1.44 bits per heavy atom. The zero-order valence-electron chi connectivity index (χ0n) is 9.45. The number of hydrogen-bond acceptors (Lipinski definition) is 5. The summed E-state index contributed by atoms with van der Waals surface area (Å²) in [6, 6.07) is 4.40. The number of nitrogens with one attached hydrogen (secondary N) is 1. The third-order valence-corrected chi connectivity index (χ3v) is 2.45. The molecule has 0 saturated heterocycles. The van der Waals surface area contributed by atoms with Crippen molar-refractivity contribution in [3.63, 3.8) is 0 Å². The van der Waals surface area contributed by atoms with E-state index in [4.69, 9.17) is 22.1 Å². The molecule has 2 rings (SSSR count). The Bertz CT molecular complexity index is 579. The van der Waals surface area contributed by atoms with E-state index in [9.17, 15) is 4.39 Å². The van der Waals surface area contributed by atoms with Crippen molar-refractivity contribution in [1.82, 2.24) is 9.97 Å². The summed E-state index contributed by atoms with van der Waals surface area (Å²) in [5.74, 6) is 0.0686. The predicted molar refractivity (Wildman–Crippen MR) is 67.7 cm³/mol. The molecule has 3 N–H and O–H groups in total. The number of nitrogens with zero attached hydrogens (tertiary/aromatic N) is 2. The third-order valence-electron chi connectivity index (χ3n) is 2.18. The summed E-state index contributed by atoms with van der Waals surface area (Å²) in [5.41, 5.74) is 5.92. The molecule has 0 fully saturated rings. The normalized spacial score (nSPS) is 10.2. The van der Waals surface area contributed by atoms with Gasteiger partial charge in [0.15, 0.2) is 17.4 Å². The summed E-state index contributed by atoms with van der Waals surface area (Å²) in [7, 11) is 1.40. The van der Waals surface area contributed by atoms with Crippen molar-refractivity contribution in [2.75, 3.05) is 18.2 Å². The van der Waals surface area contributed by atoms with Crippen molar-refractivity contribution in [1.29, 1.82) is 0 Å². The molecule has 7 heteroatoms. The fourth-order valence-electron chi connectivity index (χ4n) is 1.35. The van der Waals surface area contributed by atoms with Crippen LogP contribution in [0.15, 0.2) is 24.4 Å². The number of rotatable bonds is 3. The largest absolute Gasteiger partial charge is 0.494 e. The lowest BCUT2D eigenvalue weighted by Gasteiger charge is -2.09. The second kappa shape index (κ2) is 5.05. The lowest BCUT2D eigenvalue weighted by molar-refractivity contribution is 0.386. The van der Waals surface area contributed by atoms with Gasteiger partial charge in [0, 0.05) is 11.8 Å². The van der Waals surface area contributed by atoms with Crippen LogP contribution in [-0.2, 0) is 0 Å². The lowest BCUT2D eigenvalue weighted by Crippen LogP contribution is -2.00.